The molecular weight excluding hydrogens is 336 g/mol. The molecule has 0 aliphatic heterocycles. The molecule has 0 atom stereocenters. The maximum absolute atomic E-state index is 12.8. The first-order valence-electron chi connectivity index (χ1n) is 8.05. The topological polar surface area (TPSA) is 51.9 Å². The van der Waals surface area contributed by atoms with Crippen LogP contribution in [0.25, 0.3) is 17.1 Å². The Kier molecular flexibility index (Phi) is 4.43. The fourth-order valence-electron chi connectivity index (χ4n) is 2.61. The lowest BCUT2D eigenvalue weighted by molar-refractivity contribution is 0.0911. The number of aromatic nitrogens is 3. The second-order valence-electron chi connectivity index (χ2n) is 6.99. The monoisotopic (exact) mass is 356 g/mol. The van der Waals surface area contributed by atoms with Crippen molar-refractivity contribution in [2.45, 2.75) is 26.3 Å². The third kappa shape index (κ3) is 3.61. The predicted octanol–water partition coefficient (Wildman–Crippen LogP) is 4.06. The van der Waals surface area contributed by atoms with Crippen molar-refractivity contribution >= 4 is 17.5 Å². The molecule has 0 fully saturated rings. The Morgan fingerprint density at radius 2 is 1.88 bits per heavy atom. The molecule has 0 aliphatic rings. The molecule has 0 saturated carbocycles. The summed E-state index contributed by atoms with van der Waals surface area (Å²) in [6.45, 7) is 5.83. The van der Waals surface area contributed by atoms with E-state index in [1.165, 1.54) is 0 Å². The first kappa shape index (κ1) is 17.3. The van der Waals surface area contributed by atoms with Crippen molar-refractivity contribution in [3.8, 4) is 17.1 Å². The standard InChI is InChI=1S/C19H21ClN4O/c1-19(2,3)21-18(25)17-12-14(16-10-7-11-23(16)4)22-24(17)15-9-6-5-8-13(15)20/h5-12H,1-4H3,(H,21,25). The van der Waals surface area contributed by atoms with Gasteiger partial charge in [0.1, 0.15) is 11.4 Å². The normalized spacial score (nSPS) is 11.6. The molecule has 130 valence electrons. The number of rotatable bonds is 3. The molecular formula is C19H21ClN4O. The number of hydrogen-bond acceptors (Lipinski definition) is 2. The molecule has 0 unspecified atom stereocenters. The third-order valence-electron chi connectivity index (χ3n) is 3.72. The van der Waals surface area contributed by atoms with E-state index in [9.17, 15) is 4.79 Å². The quantitative estimate of drug-likeness (QED) is 0.769. The van der Waals surface area contributed by atoms with E-state index in [0.717, 1.165) is 5.69 Å². The summed E-state index contributed by atoms with van der Waals surface area (Å²) < 4.78 is 3.57. The lowest BCUT2D eigenvalue weighted by Crippen LogP contribution is -2.41. The van der Waals surface area contributed by atoms with Crippen LogP contribution in [-0.2, 0) is 7.05 Å². The number of para-hydroxylation sites is 1. The van der Waals surface area contributed by atoms with Gasteiger partial charge in [0.15, 0.2) is 0 Å². The van der Waals surface area contributed by atoms with E-state index in [0.29, 0.717) is 22.1 Å². The van der Waals surface area contributed by atoms with Crippen LogP contribution in [0.4, 0.5) is 0 Å². The van der Waals surface area contributed by atoms with Crippen molar-refractivity contribution in [2.75, 3.05) is 0 Å². The number of carbonyl (C=O) groups is 1. The fourth-order valence-corrected chi connectivity index (χ4v) is 2.82. The highest BCUT2D eigenvalue weighted by Crippen LogP contribution is 2.26. The molecule has 0 radical (unpaired) electrons. The maximum atomic E-state index is 12.8. The summed E-state index contributed by atoms with van der Waals surface area (Å²) in [7, 11) is 1.94. The third-order valence-corrected chi connectivity index (χ3v) is 4.04. The van der Waals surface area contributed by atoms with Gasteiger partial charge in [-0.3, -0.25) is 4.79 Å². The molecule has 1 amide bonds. The number of benzene rings is 1. The zero-order valence-corrected chi connectivity index (χ0v) is 15.5. The molecule has 0 saturated heterocycles. The second kappa shape index (κ2) is 6.41. The van der Waals surface area contributed by atoms with Crippen LogP contribution in [0, 0.1) is 0 Å². The molecule has 2 aromatic heterocycles. The Bertz CT molecular complexity index is 918. The van der Waals surface area contributed by atoms with Gasteiger partial charge in [0.25, 0.3) is 5.91 Å². The highest BCUT2D eigenvalue weighted by molar-refractivity contribution is 6.32. The van der Waals surface area contributed by atoms with Crippen molar-refractivity contribution in [1.82, 2.24) is 19.7 Å². The van der Waals surface area contributed by atoms with Gasteiger partial charge in [-0.2, -0.15) is 5.10 Å². The minimum absolute atomic E-state index is 0.194. The van der Waals surface area contributed by atoms with Crippen molar-refractivity contribution in [1.29, 1.82) is 0 Å². The average Bonchev–Trinajstić information content (AvgIpc) is 3.12. The maximum Gasteiger partial charge on any atom is 0.270 e. The highest BCUT2D eigenvalue weighted by atomic mass is 35.5. The highest BCUT2D eigenvalue weighted by Gasteiger charge is 2.23. The molecule has 0 aliphatic carbocycles. The van der Waals surface area contributed by atoms with E-state index in [1.54, 1.807) is 16.8 Å². The Balaban J connectivity index is 2.15. The summed E-state index contributed by atoms with van der Waals surface area (Å²) in [6, 6.07) is 13.0. The number of hydrogen-bond donors (Lipinski definition) is 1. The first-order valence-corrected chi connectivity index (χ1v) is 8.43. The lowest BCUT2D eigenvalue weighted by Gasteiger charge is -2.20. The molecule has 1 aromatic carbocycles. The predicted molar refractivity (Wildman–Crippen MR) is 100 cm³/mol. The molecule has 5 nitrogen and oxygen atoms in total. The number of aryl methyl sites for hydroxylation is 1. The first-order chi connectivity index (χ1) is 11.8. The SMILES string of the molecule is Cn1cccc1-c1cc(C(=O)NC(C)(C)C)n(-c2ccccc2Cl)n1. The van der Waals surface area contributed by atoms with Gasteiger partial charge in [-0.25, -0.2) is 4.68 Å². The van der Waals surface area contributed by atoms with Gasteiger partial charge in [0.2, 0.25) is 0 Å². The minimum atomic E-state index is -0.349. The van der Waals surface area contributed by atoms with Gasteiger partial charge >= 0.3 is 0 Å². The number of nitrogens with one attached hydrogen (secondary N) is 1. The van der Waals surface area contributed by atoms with Gasteiger partial charge in [-0.05, 0) is 51.1 Å². The Hall–Kier alpha value is -2.53. The van der Waals surface area contributed by atoms with E-state index in [2.05, 4.69) is 10.4 Å². The molecule has 1 N–H and O–H groups in total. The Morgan fingerprint density at radius 3 is 2.48 bits per heavy atom. The summed E-state index contributed by atoms with van der Waals surface area (Å²) >= 11 is 6.34. The molecule has 0 spiro atoms. The molecule has 3 aromatic rings. The van der Waals surface area contributed by atoms with Crippen molar-refractivity contribution in [3.05, 3.63) is 59.4 Å². The average molecular weight is 357 g/mol. The van der Waals surface area contributed by atoms with E-state index in [4.69, 9.17) is 11.6 Å². The molecule has 6 heteroatoms. The van der Waals surface area contributed by atoms with Crippen LogP contribution in [0.2, 0.25) is 5.02 Å². The van der Waals surface area contributed by atoms with E-state index in [-0.39, 0.29) is 11.4 Å². The summed E-state index contributed by atoms with van der Waals surface area (Å²) in [5.74, 6) is -0.194. The van der Waals surface area contributed by atoms with Crippen molar-refractivity contribution in [2.24, 2.45) is 7.05 Å². The molecule has 0 bridgehead atoms. The van der Waals surface area contributed by atoms with Gasteiger partial charge in [0.05, 0.1) is 16.4 Å². The summed E-state index contributed by atoms with van der Waals surface area (Å²) in [5.41, 5.74) is 2.41. The van der Waals surface area contributed by atoms with Crippen LogP contribution < -0.4 is 5.32 Å². The van der Waals surface area contributed by atoms with Gasteiger partial charge in [-0.1, -0.05) is 23.7 Å². The Morgan fingerprint density at radius 1 is 1.16 bits per heavy atom. The minimum Gasteiger partial charge on any atom is -0.349 e. The summed E-state index contributed by atoms with van der Waals surface area (Å²) in [6.07, 6.45) is 1.94. The van der Waals surface area contributed by atoms with Crippen LogP contribution in [0.15, 0.2) is 48.7 Å². The van der Waals surface area contributed by atoms with Crippen molar-refractivity contribution < 1.29 is 4.79 Å². The molecule has 2 heterocycles. The van der Waals surface area contributed by atoms with Crippen LogP contribution in [0.1, 0.15) is 31.3 Å². The van der Waals surface area contributed by atoms with Crippen LogP contribution in [0.3, 0.4) is 0 Å². The number of halogens is 1. The fraction of sp³-hybridized carbons (Fsp3) is 0.263. The smallest absolute Gasteiger partial charge is 0.270 e. The van der Waals surface area contributed by atoms with Crippen molar-refractivity contribution in [3.63, 3.8) is 0 Å². The van der Waals surface area contributed by atoms with Crippen LogP contribution >= 0.6 is 11.6 Å². The number of nitrogens with zero attached hydrogens (tertiary/aromatic N) is 3. The van der Waals surface area contributed by atoms with Gasteiger partial charge in [0, 0.05) is 18.8 Å². The lowest BCUT2D eigenvalue weighted by atomic mass is 10.1. The van der Waals surface area contributed by atoms with E-state index in [1.807, 2.05) is 68.9 Å². The summed E-state index contributed by atoms with van der Waals surface area (Å²) in [5, 5.41) is 8.17. The largest absolute Gasteiger partial charge is 0.349 e. The van der Waals surface area contributed by atoms with Gasteiger partial charge < -0.3 is 9.88 Å². The number of carbonyl (C=O) groups excluding carboxylic acids is 1. The zero-order valence-electron chi connectivity index (χ0n) is 14.7. The Labute approximate surface area is 152 Å². The summed E-state index contributed by atoms with van der Waals surface area (Å²) in [4.78, 5) is 12.8. The van der Waals surface area contributed by atoms with E-state index < -0.39 is 0 Å². The van der Waals surface area contributed by atoms with E-state index >= 15 is 0 Å². The van der Waals surface area contributed by atoms with Gasteiger partial charge in [-0.15, -0.1) is 0 Å². The number of amides is 1. The molecule has 25 heavy (non-hydrogen) atoms. The second-order valence-corrected chi connectivity index (χ2v) is 7.39. The molecule has 3 rings (SSSR count). The zero-order chi connectivity index (χ0) is 18.2. The van der Waals surface area contributed by atoms with Crippen LogP contribution in [-0.4, -0.2) is 25.8 Å². The van der Waals surface area contributed by atoms with Crippen LogP contribution in [0.5, 0.6) is 0 Å².